The lowest BCUT2D eigenvalue weighted by Crippen LogP contribution is -2.24. The molecular formula is C11H12F2N2O. The highest BCUT2D eigenvalue weighted by Crippen LogP contribution is 2.36. The first-order chi connectivity index (χ1) is 7.50. The van der Waals surface area contributed by atoms with Gasteiger partial charge in [-0.25, -0.2) is 8.78 Å². The summed E-state index contributed by atoms with van der Waals surface area (Å²) >= 11 is 0. The number of halogens is 2. The van der Waals surface area contributed by atoms with E-state index >= 15 is 0 Å². The quantitative estimate of drug-likeness (QED) is 0.716. The molecule has 0 spiro atoms. The number of hydrogen-bond donors (Lipinski definition) is 2. The van der Waals surface area contributed by atoms with Crippen molar-refractivity contribution in [3.05, 3.63) is 28.8 Å². The Balaban J connectivity index is 2.44. The fraction of sp³-hybridized carbons (Fsp3) is 0.364. The molecule has 0 fully saturated rings. The summed E-state index contributed by atoms with van der Waals surface area (Å²) in [4.78, 5) is 10.9. The van der Waals surface area contributed by atoms with Crippen LogP contribution in [0.5, 0.6) is 0 Å². The van der Waals surface area contributed by atoms with Gasteiger partial charge in [-0.15, -0.1) is 0 Å². The first kappa shape index (κ1) is 10.9. The zero-order valence-electron chi connectivity index (χ0n) is 8.81. The molecule has 0 saturated heterocycles. The lowest BCUT2D eigenvalue weighted by Gasteiger charge is -2.13. The lowest BCUT2D eigenvalue weighted by atomic mass is 10.1. The maximum absolute atomic E-state index is 13.6. The molecule has 0 heterocycles. The molecule has 1 aliphatic carbocycles. The van der Waals surface area contributed by atoms with Crippen molar-refractivity contribution in [2.45, 2.75) is 25.8 Å². The van der Waals surface area contributed by atoms with Crippen LogP contribution >= 0.6 is 0 Å². The average molecular weight is 226 g/mol. The monoisotopic (exact) mass is 226 g/mol. The molecule has 5 heteroatoms. The Morgan fingerprint density at radius 3 is 2.88 bits per heavy atom. The first-order valence-electron chi connectivity index (χ1n) is 5.04. The molecule has 0 aliphatic heterocycles. The van der Waals surface area contributed by atoms with Crippen LogP contribution in [-0.4, -0.2) is 5.91 Å². The van der Waals surface area contributed by atoms with Crippen LogP contribution in [0.2, 0.25) is 0 Å². The third-order valence-corrected chi connectivity index (χ3v) is 2.83. The molecule has 0 bridgehead atoms. The van der Waals surface area contributed by atoms with E-state index in [1.807, 2.05) is 0 Å². The van der Waals surface area contributed by atoms with Gasteiger partial charge in [-0.05, 0) is 30.0 Å². The summed E-state index contributed by atoms with van der Waals surface area (Å²) < 4.78 is 26.9. The van der Waals surface area contributed by atoms with E-state index in [2.05, 4.69) is 5.32 Å². The first-order valence-corrected chi connectivity index (χ1v) is 5.04. The Labute approximate surface area is 91.6 Å². The molecule has 0 aromatic heterocycles. The molecule has 1 aromatic carbocycles. The second kappa shape index (κ2) is 3.73. The fourth-order valence-corrected chi connectivity index (χ4v) is 2.10. The van der Waals surface area contributed by atoms with Gasteiger partial charge in [0.1, 0.15) is 11.5 Å². The molecule has 1 amide bonds. The number of carbonyl (C=O) groups is 1. The van der Waals surface area contributed by atoms with Gasteiger partial charge < -0.3 is 11.1 Å². The van der Waals surface area contributed by atoms with Crippen LogP contribution in [0, 0.1) is 11.6 Å². The zero-order valence-corrected chi connectivity index (χ0v) is 8.81. The minimum absolute atomic E-state index is 0.213. The molecule has 16 heavy (non-hydrogen) atoms. The summed E-state index contributed by atoms with van der Waals surface area (Å²) in [7, 11) is 0. The minimum atomic E-state index is -0.770. The number of benzene rings is 1. The van der Waals surface area contributed by atoms with Crippen molar-refractivity contribution in [1.29, 1.82) is 0 Å². The van der Waals surface area contributed by atoms with Crippen LogP contribution in [0.25, 0.3) is 0 Å². The Bertz CT molecular complexity index is 460. The van der Waals surface area contributed by atoms with Crippen molar-refractivity contribution in [2.24, 2.45) is 0 Å². The highest BCUT2D eigenvalue weighted by molar-refractivity contribution is 5.73. The number of anilines is 1. The van der Waals surface area contributed by atoms with Crippen molar-refractivity contribution in [3.8, 4) is 0 Å². The predicted octanol–water partition coefficient (Wildman–Crippen LogP) is 1.67. The molecule has 0 saturated carbocycles. The number of hydrogen-bond acceptors (Lipinski definition) is 2. The number of rotatable bonds is 1. The molecule has 2 rings (SSSR count). The Kier molecular flexibility index (Phi) is 2.53. The van der Waals surface area contributed by atoms with E-state index in [1.165, 1.54) is 13.0 Å². The molecule has 1 atom stereocenters. The SMILES string of the molecule is CC(=O)NC1CCc2c1cc(F)c(N)c2F. The Morgan fingerprint density at radius 2 is 2.25 bits per heavy atom. The van der Waals surface area contributed by atoms with Gasteiger partial charge >= 0.3 is 0 Å². The molecule has 1 unspecified atom stereocenters. The molecule has 3 nitrogen and oxygen atoms in total. The Morgan fingerprint density at radius 1 is 1.56 bits per heavy atom. The second-order valence-corrected chi connectivity index (χ2v) is 3.95. The molecule has 1 aliphatic rings. The van der Waals surface area contributed by atoms with Gasteiger partial charge in [0, 0.05) is 6.92 Å². The standard InChI is InChI=1S/C11H12F2N2O/c1-5(16)15-9-3-2-6-7(9)4-8(12)11(14)10(6)13/h4,9H,2-3,14H2,1H3,(H,15,16). The number of carbonyl (C=O) groups excluding carboxylic acids is 1. The van der Waals surface area contributed by atoms with Crippen LogP contribution in [0.15, 0.2) is 6.07 Å². The van der Waals surface area contributed by atoms with Gasteiger partial charge in [-0.3, -0.25) is 4.79 Å². The van der Waals surface area contributed by atoms with Gasteiger partial charge in [0.05, 0.1) is 6.04 Å². The van der Waals surface area contributed by atoms with E-state index in [0.717, 1.165) is 0 Å². The Hall–Kier alpha value is -1.65. The number of nitrogens with one attached hydrogen (secondary N) is 1. The summed E-state index contributed by atoms with van der Waals surface area (Å²) in [6.45, 7) is 1.38. The molecule has 0 radical (unpaired) electrons. The number of fused-ring (bicyclic) bond motifs is 1. The van der Waals surface area contributed by atoms with Gasteiger partial charge in [0.2, 0.25) is 5.91 Å². The van der Waals surface area contributed by atoms with Crippen molar-refractivity contribution in [1.82, 2.24) is 5.32 Å². The van der Waals surface area contributed by atoms with Crippen LogP contribution in [0.3, 0.4) is 0 Å². The average Bonchev–Trinajstić information content (AvgIpc) is 2.58. The van der Waals surface area contributed by atoms with Gasteiger partial charge in [0.15, 0.2) is 5.82 Å². The predicted molar refractivity (Wildman–Crippen MR) is 55.6 cm³/mol. The van der Waals surface area contributed by atoms with Crippen LogP contribution in [0.1, 0.15) is 30.5 Å². The highest BCUT2D eigenvalue weighted by Gasteiger charge is 2.28. The van der Waals surface area contributed by atoms with Gasteiger partial charge in [-0.2, -0.15) is 0 Å². The molecule has 1 aromatic rings. The van der Waals surface area contributed by atoms with Crippen LogP contribution in [0.4, 0.5) is 14.5 Å². The largest absolute Gasteiger partial charge is 0.394 e. The summed E-state index contributed by atoms with van der Waals surface area (Å²) in [6.07, 6.45) is 1.05. The van der Waals surface area contributed by atoms with E-state index in [4.69, 9.17) is 5.73 Å². The van der Waals surface area contributed by atoms with E-state index in [-0.39, 0.29) is 11.9 Å². The second-order valence-electron chi connectivity index (χ2n) is 3.95. The van der Waals surface area contributed by atoms with E-state index < -0.39 is 17.3 Å². The third-order valence-electron chi connectivity index (χ3n) is 2.83. The normalized spacial score (nSPS) is 18.3. The van der Waals surface area contributed by atoms with Crippen molar-refractivity contribution in [2.75, 3.05) is 5.73 Å². The highest BCUT2D eigenvalue weighted by atomic mass is 19.1. The van der Waals surface area contributed by atoms with Crippen molar-refractivity contribution in [3.63, 3.8) is 0 Å². The number of nitrogens with two attached hydrogens (primary N) is 1. The summed E-state index contributed by atoms with van der Waals surface area (Å²) in [6, 6.07) is 0.901. The fourth-order valence-electron chi connectivity index (χ4n) is 2.10. The summed E-state index contributed by atoms with van der Waals surface area (Å²) in [5, 5.41) is 2.66. The summed E-state index contributed by atoms with van der Waals surface area (Å²) in [5.41, 5.74) is 5.74. The molecule has 86 valence electrons. The van der Waals surface area contributed by atoms with E-state index in [0.29, 0.717) is 24.0 Å². The number of nitrogen functional groups attached to an aromatic ring is 1. The molecular weight excluding hydrogens is 214 g/mol. The third kappa shape index (κ3) is 1.62. The van der Waals surface area contributed by atoms with Crippen molar-refractivity contribution < 1.29 is 13.6 Å². The van der Waals surface area contributed by atoms with Crippen molar-refractivity contribution >= 4 is 11.6 Å². The smallest absolute Gasteiger partial charge is 0.217 e. The maximum Gasteiger partial charge on any atom is 0.217 e. The summed E-state index contributed by atoms with van der Waals surface area (Å²) in [5.74, 6) is -1.67. The zero-order chi connectivity index (χ0) is 11.9. The van der Waals surface area contributed by atoms with Crippen LogP contribution < -0.4 is 11.1 Å². The van der Waals surface area contributed by atoms with E-state index in [9.17, 15) is 13.6 Å². The van der Waals surface area contributed by atoms with E-state index in [1.54, 1.807) is 0 Å². The topological polar surface area (TPSA) is 55.1 Å². The van der Waals surface area contributed by atoms with Crippen LogP contribution in [-0.2, 0) is 11.2 Å². The molecule has 3 N–H and O–H groups in total. The van der Waals surface area contributed by atoms with Gasteiger partial charge in [-0.1, -0.05) is 0 Å². The van der Waals surface area contributed by atoms with Gasteiger partial charge in [0.25, 0.3) is 0 Å². The maximum atomic E-state index is 13.6. The lowest BCUT2D eigenvalue weighted by molar-refractivity contribution is -0.119. The minimum Gasteiger partial charge on any atom is -0.394 e. The number of amides is 1.